The Morgan fingerprint density at radius 1 is 1.39 bits per heavy atom. The zero-order chi connectivity index (χ0) is 17.0. The van der Waals surface area contributed by atoms with Gasteiger partial charge in [-0.2, -0.15) is 0 Å². The molecule has 1 atom stereocenters. The van der Waals surface area contributed by atoms with Crippen LogP contribution < -0.4 is 5.32 Å². The first-order valence-electron chi connectivity index (χ1n) is 6.90. The summed E-state index contributed by atoms with van der Waals surface area (Å²) in [4.78, 5) is 39.5. The van der Waals surface area contributed by atoms with E-state index in [-0.39, 0.29) is 12.5 Å². The maximum atomic E-state index is 12.6. The van der Waals surface area contributed by atoms with Crippen molar-refractivity contribution in [3.8, 4) is 0 Å². The van der Waals surface area contributed by atoms with Crippen molar-refractivity contribution in [2.75, 3.05) is 6.61 Å². The van der Waals surface area contributed by atoms with Crippen molar-refractivity contribution in [3.05, 3.63) is 41.7 Å². The molecule has 1 aliphatic heterocycles. The van der Waals surface area contributed by atoms with E-state index in [0.29, 0.717) is 5.69 Å². The van der Waals surface area contributed by atoms with Gasteiger partial charge in [0.05, 0.1) is 12.3 Å². The summed E-state index contributed by atoms with van der Waals surface area (Å²) in [5.41, 5.74) is -1.20. The number of amides is 1. The van der Waals surface area contributed by atoms with E-state index < -0.39 is 29.2 Å². The minimum absolute atomic E-state index is 0.132. The molecule has 1 aromatic rings. The first-order chi connectivity index (χ1) is 10.9. The Kier molecular flexibility index (Phi) is 4.63. The number of hydrogen-bond donors (Lipinski definition) is 1. The number of ether oxygens (including phenoxy) is 3. The highest BCUT2D eigenvalue weighted by atomic mass is 16.6. The normalized spacial score (nSPS) is 20.0. The molecular formula is C15H16N2O6. The molecule has 0 bridgehead atoms. The quantitative estimate of drug-likeness (QED) is 0.836. The van der Waals surface area contributed by atoms with Crippen LogP contribution in [-0.2, 0) is 29.4 Å². The van der Waals surface area contributed by atoms with Crippen molar-refractivity contribution in [1.29, 1.82) is 0 Å². The van der Waals surface area contributed by atoms with Crippen LogP contribution >= 0.6 is 0 Å². The largest absolute Gasteiger partial charge is 0.455 e. The van der Waals surface area contributed by atoms with Gasteiger partial charge in [-0.3, -0.25) is 19.9 Å². The summed E-state index contributed by atoms with van der Waals surface area (Å²) in [6.45, 7) is 4.37. The van der Waals surface area contributed by atoms with E-state index in [4.69, 9.17) is 14.2 Å². The van der Waals surface area contributed by atoms with Crippen LogP contribution in [0.4, 0.5) is 4.79 Å². The predicted molar refractivity (Wildman–Crippen MR) is 76.6 cm³/mol. The molecule has 1 N–H and O–H groups in total. The average molecular weight is 320 g/mol. The average Bonchev–Trinajstić information content (AvgIpc) is 2.73. The van der Waals surface area contributed by atoms with Gasteiger partial charge in [-0.15, -0.1) is 0 Å². The molecule has 2 heterocycles. The summed E-state index contributed by atoms with van der Waals surface area (Å²) in [7, 11) is 0. The minimum Gasteiger partial charge on any atom is -0.455 e. The number of nitrogens with zero attached hydrogens (tertiary/aromatic N) is 1. The van der Waals surface area contributed by atoms with E-state index in [2.05, 4.69) is 10.3 Å². The lowest BCUT2D eigenvalue weighted by Gasteiger charge is -2.22. The molecule has 8 nitrogen and oxygen atoms in total. The molecule has 0 spiro atoms. The van der Waals surface area contributed by atoms with Gasteiger partial charge < -0.3 is 14.2 Å². The molecular weight excluding hydrogens is 304 g/mol. The minimum atomic E-state index is -1.51. The van der Waals surface area contributed by atoms with Crippen molar-refractivity contribution < 1.29 is 28.6 Å². The fraction of sp³-hybridized carbons (Fsp3) is 0.333. The van der Waals surface area contributed by atoms with Crippen LogP contribution in [-0.4, -0.2) is 29.4 Å². The molecule has 0 saturated heterocycles. The van der Waals surface area contributed by atoms with Gasteiger partial charge >= 0.3 is 12.1 Å². The number of ketones is 1. The predicted octanol–water partition coefficient (Wildman–Crippen LogP) is 1.37. The van der Waals surface area contributed by atoms with Gasteiger partial charge in [0.15, 0.2) is 0 Å². The van der Waals surface area contributed by atoms with Crippen molar-refractivity contribution in [3.63, 3.8) is 0 Å². The molecule has 1 unspecified atom stereocenters. The van der Waals surface area contributed by atoms with Gasteiger partial charge in [0, 0.05) is 13.1 Å². The number of esters is 1. The second kappa shape index (κ2) is 6.47. The highest BCUT2D eigenvalue weighted by Crippen LogP contribution is 2.37. The fourth-order valence-corrected chi connectivity index (χ4v) is 2.01. The zero-order valence-electron chi connectivity index (χ0n) is 12.9. The Balaban J connectivity index is 2.36. The highest BCUT2D eigenvalue weighted by molar-refractivity contribution is 6.04. The van der Waals surface area contributed by atoms with Gasteiger partial charge in [-0.05, 0) is 26.0 Å². The molecule has 122 valence electrons. The summed E-state index contributed by atoms with van der Waals surface area (Å²) in [5, 5.41) is 2.26. The smallest absolute Gasteiger partial charge is 0.414 e. The van der Waals surface area contributed by atoms with E-state index in [0.717, 1.165) is 6.92 Å². The number of Topliss-reactive ketones (excluding diaryl/α,β-unsaturated/α-hetero) is 1. The van der Waals surface area contributed by atoms with Crippen molar-refractivity contribution in [2.24, 2.45) is 0 Å². The first kappa shape index (κ1) is 16.5. The number of aromatic nitrogens is 1. The molecule has 0 radical (unpaired) electrons. The summed E-state index contributed by atoms with van der Waals surface area (Å²) < 4.78 is 15.2. The van der Waals surface area contributed by atoms with Crippen LogP contribution in [0.25, 0.3) is 0 Å². The van der Waals surface area contributed by atoms with Crippen LogP contribution in [0.15, 0.2) is 36.0 Å². The molecule has 0 aromatic carbocycles. The maximum Gasteiger partial charge on any atom is 0.414 e. The Morgan fingerprint density at radius 3 is 2.70 bits per heavy atom. The summed E-state index contributed by atoms with van der Waals surface area (Å²) in [6, 6.07) is 4.97. The number of nitrogens with one attached hydrogen (secondary N) is 1. The lowest BCUT2D eigenvalue weighted by atomic mass is 9.96. The lowest BCUT2D eigenvalue weighted by molar-refractivity contribution is -0.142. The van der Waals surface area contributed by atoms with Gasteiger partial charge in [-0.1, -0.05) is 6.07 Å². The molecule has 0 fully saturated rings. The highest BCUT2D eigenvalue weighted by Gasteiger charge is 2.50. The Labute approximate surface area is 132 Å². The van der Waals surface area contributed by atoms with Crippen molar-refractivity contribution >= 4 is 17.8 Å². The molecule has 8 heteroatoms. The number of pyridine rings is 1. The van der Waals surface area contributed by atoms with Crippen LogP contribution in [0.1, 0.15) is 26.5 Å². The van der Waals surface area contributed by atoms with Crippen molar-refractivity contribution in [2.45, 2.75) is 26.4 Å². The summed E-state index contributed by atoms with van der Waals surface area (Å²) in [6.07, 6.45) is 0.671. The lowest BCUT2D eigenvalue weighted by Crippen LogP contribution is -2.33. The van der Waals surface area contributed by atoms with E-state index in [1.807, 2.05) is 0 Å². The molecule has 1 amide bonds. The SMILES string of the molecule is CCOC(=O)NC1=C(OC(C)=O)C(=O)C(C)(c2ccccn2)O1. The number of rotatable bonds is 4. The number of carbonyl (C=O) groups excluding carboxylic acids is 3. The molecule has 1 aliphatic rings. The zero-order valence-corrected chi connectivity index (χ0v) is 12.9. The second-order valence-electron chi connectivity index (χ2n) is 4.78. The molecule has 2 rings (SSSR count). The van der Waals surface area contributed by atoms with E-state index in [1.165, 1.54) is 13.1 Å². The summed E-state index contributed by atoms with van der Waals surface area (Å²) >= 11 is 0. The third kappa shape index (κ3) is 3.31. The van der Waals surface area contributed by atoms with Gasteiger partial charge in [0.1, 0.15) is 0 Å². The number of carbonyl (C=O) groups is 3. The standard InChI is InChI=1S/C15H16N2O6/c1-4-21-14(20)17-13-11(22-9(2)18)12(19)15(3,23-13)10-7-5-6-8-16-10/h5-8H,4H2,1-3H3,(H,17,20). The van der Waals surface area contributed by atoms with Gasteiger partial charge in [0.2, 0.25) is 17.2 Å². The van der Waals surface area contributed by atoms with E-state index >= 15 is 0 Å². The monoisotopic (exact) mass is 320 g/mol. The topological polar surface area (TPSA) is 104 Å². The first-order valence-corrected chi connectivity index (χ1v) is 6.90. The Bertz CT molecular complexity index is 670. The van der Waals surface area contributed by atoms with Gasteiger partial charge in [-0.25, -0.2) is 4.79 Å². The summed E-state index contributed by atoms with van der Waals surface area (Å²) in [5.74, 6) is -2.01. The molecule has 0 aliphatic carbocycles. The molecule has 0 saturated carbocycles. The number of alkyl carbamates (subject to hydrolysis) is 1. The number of hydrogen-bond acceptors (Lipinski definition) is 7. The van der Waals surface area contributed by atoms with Crippen LogP contribution in [0, 0.1) is 0 Å². The molecule has 1 aromatic heterocycles. The molecule has 23 heavy (non-hydrogen) atoms. The van der Waals surface area contributed by atoms with Crippen LogP contribution in [0.3, 0.4) is 0 Å². The Morgan fingerprint density at radius 2 is 2.13 bits per heavy atom. The van der Waals surface area contributed by atoms with Crippen LogP contribution in [0.2, 0.25) is 0 Å². The van der Waals surface area contributed by atoms with E-state index in [1.54, 1.807) is 25.1 Å². The Hall–Kier alpha value is -2.90. The maximum absolute atomic E-state index is 12.6. The fourth-order valence-electron chi connectivity index (χ4n) is 2.01. The third-order valence-corrected chi connectivity index (χ3v) is 3.04. The van der Waals surface area contributed by atoms with Crippen molar-refractivity contribution in [1.82, 2.24) is 10.3 Å². The van der Waals surface area contributed by atoms with Gasteiger partial charge in [0.25, 0.3) is 5.78 Å². The van der Waals surface area contributed by atoms with Crippen LogP contribution in [0.5, 0.6) is 0 Å². The third-order valence-electron chi connectivity index (χ3n) is 3.04. The second-order valence-corrected chi connectivity index (χ2v) is 4.78. The van der Waals surface area contributed by atoms with E-state index in [9.17, 15) is 14.4 Å².